The monoisotopic (exact) mass is 399 g/mol. The SMILES string of the molecule is O=C(CN1CCN(c2ncccn2)CC1)Nc1cc(C(F)(F)F)ccc1Cl. The lowest BCUT2D eigenvalue weighted by atomic mass is 10.2. The average molecular weight is 400 g/mol. The zero-order valence-corrected chi connectivity index (χ0v) is 15.0. The number of aromatic nitrogens is 2. The van der Waals surface area contributed by atoms with E-state index in [0.29, 0.717) is 32.1 Å². The molecule has 0 saturated carbocycles. The van der Waals surface area contributed by atoms with Gasteiger partial charge >= 0.3 is 6.18 Å². The van der Waals surface area contributed by atoms with Gasteiger partial charge in [-0.2, -0.15) is 13.2 Å². The Hall–Kier alpha value is -2.39. The smallest absolute Gasteiger partial charge is 0.338 e. The summed E-state index contributed by atoms with van der Waals surface area (Å²) in [5.41, 5.74) is -0.911. The van der Waals surface area contributed by atoms with Crippen molar-refractivity contribution in [3.8, 4) is 0 Å². The number of amides is 1. The van der Waals surface area contributed by atoms with Gasteiger partial charge in [0.25, 0.3) is 0 Å². The summed E-state index contributed by atoms with van der Waals surface area (Å²) in [6, 6.07) is 4.58. The Morgan fingerprint density at radius 2 is 1.81 bits per heavy atom. The third-order valence-electron chi connectivity index (χ3n) is 4.14. The third-order valence-corrected chi connectivity index (χ3v) is 4.47. The molecule has 2 aromatic rings. The molecule has 1 aliphatic rings. The van der Waals surface area contributed by atoms with Crippen molar-refractivity contribution in [2.24, 2.45) is 0 Å². The molecule has 1 N–H and O–H groups in total. The van der Waals surface area contributed by atoms with Crippen LogP contribution in [0.15, 0.2) is 36.7 Å². The number of anilines is 2. The molecule has 1 aliphatic heterocycles. The summed E-state index contributed by atoms with van der Waals surface area (Å²) >= 11 is 5.90. The van der Waals surface area contributed by atoms with E-state index in [1.54, 1.807) is 18.5 Å². The van der Waals surface area contributed by atoms with Crippen LogP contribution in [0.25, 0.3) is 0 Å². The fourth-order valence-corrected chi connectivity index (χ4v) is 2.92. The number of alkyl halides is 3. The summed E-state index contributed by atoms with van der Waals surface area (Å²) in [4.78, 5) is 24.5. The van der Waals surface area contributed by atoms with Gasteiger partial charge in [0, 0.05) is 38.6 Å². The van der Waals surface area contributed by atoms with E-state index >= 15 is 0 Å². The van der Waals surface area contributed by atoms with E-state index in [1.165, 1.54) is 0 Å². The highest BCUT2D eigenvalue weighted by Gasteiger charge is 2.31. The van der Waals surface area contributed by atoms with Crippen LogP contribution in [0, 0.1) is 0 Å². The van der Waals surface area contributed by atoms with Crippen LogP contribution in [0.5, 0.6) is 0 Å². The zero-order chi connectivity index (χ0) is 19.4. The number of nitrogens with one attached hydrogen (secondary N) is 1. The molecule has 0 bridgehead atoms. The van der Waals surface area contributed by atoms with Crippen molar-refractivity contribution in [3.63, 3.8) is 0 Å². The first kappa shape index (κ1) is 19.4. The number of nitrogens with zero attached hydrogens (tertiary/aromatic N) is 4. The Bertz CT molecular complexity index is 795. The number of piperazine rings is 1. The van der Waals surface area contributed by atoms with Gasteiger partial charge in [0.2, 0.25) is 11.9 Å². The van der Waals surface area contributed by atoms with Crippen molar-refractivity contribution in [2.75, 3.05) is 42.9 Å². The molecule has 144 valence electrons. The maximum Gasteiger partial charge on any atom is 0.416 e. The van der Waals surface area contributed by atoms with Crippen LogP contribution >= 0.6 is 11.6 Å². The lowest BCUT2D eigenvalue weighted by Gasteiger charge is -2.34. The van der Waals surface area contributed by atoms with E-state index in [9.17, 15) is 18.0 Å². The Morgan fingerprint density at radius 3 is 2.44 bits per heavy atom. The Morgan fingerprint density at radius 1 is 1.15 bits per heavy atom. The number of hydrogen-bond donors (Lipinski definition) is 1. The van der Waals surface area contributed by atoms with E-state index in [4.69, 9.17) is 11.6 Å². The zero-order valence-electron chi connectivity index (χ0n) is 14.2. The van der Waals surface area contributed by atoms with Gasteiger partial charge in [-0.3, -0.25) is 9.69 Å². The Labute approximate surface area is 159 Å². The van der Waals surface area contributed by atoms with Crippen LogP contribution in [-0.4, -0.2) is 53.5 Å². The molecule has 27 heavy (non-hydrogen) atoms. The molecular formula is C17H17ClF3N5O. The van der Waals surface area contributed by atoms with Gasteiger partial charge in [0.15, 0.2) is 0 Å². The predicted molar refractivity (Wildman–Crippen MR) is 95.8 cm³/mol. The molecule has 1 amide bonds. The largest absolute Gasteiger partial charge is 0.416 e. The highest BCUT2D eigenvalue weighted by molar-refractivity contribution is 6.33. The minimum Gasteiger partial charge on any atom is -0.338 e. The highest BCUT2D eigenvalue weighted by Crippen LogP contribution is 2.33. The first-order valence-corrected chi connectivity index (χ1v) is 8.61. The second-order valence-electron chi connectivity index (χ2n) is 6.05. The minimum absolute atomic E-state index is 0.0483. The average Bonchev–Trinajstić information content (AvgIpc) is 2.64. The molecule has 0 atom stereocenters. The topological polar surface area (TPSA) is 61.4 Å². The number of carbonyl (C=O) groups is 1. The normalized spacial score (nSPS) is 15.6. The number of carbonyl (C=O) groups excluding carboxylic acids is 1. The van der Waals surface area contributed by atoms with Crippen LogP contribution in [0.3, 0.4) is 0 Å². The molecule has 1 aromatic carbocycles. The van der Waals surface area contributed by atoms with E-state index < -0.39 is 17.6 Å². The van der Waals surface area contributed by atoms with E-state index in [1.807, 2.05) is 9.80 Å². The lowest BCUT2D eigenvalue weighted by molar-refractivity contribution is -0.137. The van der Waals surface area contributed by atoms with Gasteiger partial charge in [-0.15, -0.1) is 0 Å². The van der Waals surface area contributed by atoms with Crippen molar-refractivity contribution < 1.29 is 18.0 Å². The quantitative estimate of drug-likeness (QED) is 0.856. The summed E-state index contributed by atoms with van der Waals surface area (Å²) < 4.78 is 38.4. The number of benzene rings is 1. The Kier molecular flexibility index (Phi) is 5.81. The lowest BCUT2D eigenvalue weighted by Crippen LogP contribution is -2.49. The van der Waals surface area contributed by atoms with E-state index in [-0.39, 0.29) is 17.3 Å². The van der Waals surface area contributed by atoms with Crippen LogP contribution in [-0.2, 0) is 11.0 Å². The fraction of sp³-hybridized carbons (Fsp3) is 0.353. The number of rotatable bonds is 4. The van der Waals surface area contributed by atoms with Crippen LogP contribution in [0.4, 0.5) is 24.8 Å². The molecule has 0 unspecified atom stereocenters. The van der Waals surface area contributed by atoms with Crippen LogP contribution in [0.1, 0.15) is 5.56 Å². The number of halogens is 4. The molecule has 1 aromatic heterocycles. The molecule has 6 nitrogen and oxygen atoms in total. The van der Waals surface area contributed by atoms with Crippen molar-refractivity contribution in [1.82, 2.24) is 14.9 Å². The maximum atomic E-state index is 12.8. The molecule has 0 radical (unpaired) electrons. The molecule has 0 spiro atoms. The van der Waals surface area contributed by atoms with Crippen molar-refractivity contribution in [2.45, 2.75) is 6.18 Å². The number of hydrogen-bond acceptors (Lipinski definition) is 5. The van der Waals surface area contributed by atoms with Gasteiger partial charge in [-0.25, -0.2) is 9.97 Å². The molecular weight excluding hydrogens is 383 g/mol. The first-order chi connectivity index (χ1) is 12.8. The van der Waals surface area contributed by atoms with Crippen LogP contribution in [0.2, 0.25) is 5.02 Å². The Balaban J connectivity index is 1.55. The molecule has 0 aliphatic carbocycles. The third kappa shape index (κ3) is 5.08. The summed E-state index contributed by atoms with van der Waals surface area (Å²) in [6.07, 6.45) is -1.16. The standard InChI is InChI=1S/C17H17ClF3N5O/c18-13-3-2-12(17(19,20)21)10-14(13)24-15(27)11-25-6-8-26(9-7-25)16-22-4-1-5-23-16/h1-5,10H,6-9,11H2,(H,24,27). The molecule has 2 heterocycles. The second kappa shape index (κ2) is 8.10. The molecule has 10 heteroatoms. The second-order valence-corrected chi connectivity index (χ2v) is 6.46. The van der Waals surface area contributed by atoms with Gasteiger partial charge in [0.05, 0.1) is 22.8 Å². The van der Waals surface area contributed by atoms with E-state index in [0.717, 1.165) is 18.2 Å². The molecule has 1 saturated heterocycles. The van der Waals surface area contributed by atoms with Crippen molar-refractivity contribution >= 4 is 29.1 Å². The van der Waals surface area contributed by atoms with Gasteiger partial charge in [0.1, 0.15) is 0 Å². The molecule has 1 fully saturated rings. The maximum absolute atomic E-state index is 12.8. The van der Waals surface area contributed by atoms with E-state index in [2.05, 4.69) is 15.3 Å². The van der Waals surface area contributed by atoms with Gasteiger partial charge in [-0.1, -0.05) is 11.6 Å². The fourth-order valence-electron chi connectivity index (χ4n) is 2.75. The first-order valence-electron chi connectivity index (χ1n) is 8.24. The van der Waals surface area contributed by atoms with Gasteiger partial charge in [-0.05, 0) is 24.3 Å². The van der Waals surface area contributed by atoms with Crippen molar-refractivity contribution in [1.29, 1.82) is 0 Å². The molecule has 3 rings (SSSR count). The van der Waals surface area contributed by atoms with Crippen LogP contribution < -0.4 is 10.2 Å². The van der Waals surface area contributed by atoms with Crippen molar-refractivity contribution in [3.05, 3.63) is 47.2 Å². The summed E-state index contributed by atoms with van der Waals surface area (Å²) in [5.74, 6) is 0.220. The summed E-state index contributed by atoms with van der Waals surface area (Å²) in [6.45, 7) is 2.60. The van der Waals surface area contributed by atoms with Gasteiger partial charge < -0.3 is 10.2 Å². The summed E-state index contributed by atoms with van der Waals surface area (Å²) in [7, 11) is 0. The highest BCUT2D eigenvalue weighted by atomic mass is 35.5. The summed E-state index contributed by atoms with van der Waals surface area (Å²) in [5, 5.41) is 2.52. The predicted octanol–water partition coefficient (Wildman–Crippen LogP) is 2.91. The minimum atomic E-state index is -4.50.